The van der Waals surface area contributed by atoms with Crippen LogP contribution in [0.2, 0.25) is 20.1 Å². The second-order valence-corrected chi connectivity index (χ2v) is 13.8. The van der Waals surface area contributed by atoms with E-state index in [4.69, 9.17) is 75.8 Å². The van der Waals surface area contributed by atoms with Gasteiger partial charge in [-0.25, -0.2) is 9.59 Å². The molecule has 4 aromatic rings. The van der Waals surface area contributed by atoms with Crippen LogP contribution < -0.4 is 9.47 Å². The molecule has 0 radical (unpaired) electrons. The number of ether oxygens (including phenoxy) is 2. The molecule has 0 saturated heterocycles. The minimum atomic E-state index is -4.82. The number of hydrogen-bond donors (Lipinski definition) is 2. The molecule has 0 saturated carbocycles. The molecule has 0 amide bonds. The van der Waals surface area contributed by atoms with Gasteiger partial charge in [-0.3, -0.25) is 0 Å². The number of aromatic carboxylic acids is 2. The van der Waals surface area contributed by atoms with E-state index in [1.165, 1.54) is 62.8 Å². The Morgan fingerprint density at radius 1 is 0.607 bits per heavy atom. The molecule has 2 aliphatic rings. The predicted molar refractivity (Wildman–Crippen MR) is 193 cm³/mol. The molecule has 0 spiro atoms. The van der Waals surface area contributed by atoms with Crippen molar-refractivity contribution in [2.75, 3.05) is 14.2 Å². The fraction of sp³-hybridized carbons (Fsp3) is 0.222. The smallest absolute Gasteiger partial charge is 0.435 e. The van der Waals surface area contributed by atoms with Crippen LogP contribution in [0, 0.1) is 0 Å². The Hall–Kier alpha value is -4.90. The molecule has 4 aromatic carbocycles. The van der Waals surface area contributed by atoms with Gasteiger partial charge in [0.1, 0.15) is 22.6 Å². The topological polar surface area (TPSA) is 136 Å². The van der Waals surface area contributed by atoms with Crippen LogP contribution >= 0.6 is 46.4 Å². The highest BCUT2D eigenvalue weighted by Gasteiger charge is 2.63. The van der Waals surface area contributed by atoms with Crippen LogP contribution in [-0.2, 0) is 20.9 Å². The van der Waals surface area contributed by atoms with Gasteiger partial charge in [0.25, 0.3) is 11.2 Å². The quantitative estimate of drug-likeness (QED) is 0.167. The van der Waals surface area contributed by atoms with Crippen LogP contribution in [0.1, 0.15) is 55.8 Å². The molecular formula is C36H24Cl4F6N2O8. The van der Waals surface area contributed by atoms with E-state index in [1.54, 1.807) is 0 Å². The summed E-state index contributed by atoms with van der Waals surface area (Å²) in [5.74, 6) is -2.48. The van der Waals surface area contributed by atoms with E-state index >= 15 is 0 Å². The summed E-state index contributed by atoms with van der Waals surface area (Å²) in [5.41, 5.74) is -5.94. The number of benzene rings is 4. The number of methoxy groups -OCH3 is 2. The lowest BCUT2D eigenvalue weighted by Crippen LogP contribution is -2.42. The fourth-order valence-corrected chi connectivity index (χ4v) is 6.84. The van der Waals surface area contributed by atoms with Gasteiger partial charge in [0.05, 0.1) is 25.6 Å². The zero-order chi connectivity index (χ0) is 41.4. The van der Waals surface area contributed by atoms with Crippen LogP contribution in [0.25, 0.3) is 0 Å². The Balaban J connectivity index is 0.000000214. The number of nitrogens with zero attached hydrogens (tertiary/aromatic N) is 2. The summed E-state index contributed by atoms with van der Waals surface area (Å²) >= 11 is 23.5. The molecule has 0 fully saturated rings. The van der Waals surface area contributed by atoms with E-state index in [0.29, 0.717) is 0 Å². The number of halogens is 10. The van der Waals surface area contributed by atoms with Crippen molar-refractivity contribution >= 4 is 69.8 Å². The van der Waals surface area contributed by atoms with Crippen LogP contribution in [0.5, 0.6) is 11.5 Å². The number of rotatable bonds is 8. The Morgan fingerprint density at radius 3 is 1.20 bits per heavy atom. The normalized spacial score (nSPS) is 19.1. The molecular weight excluding hydrogens is 844 g/mol. The summed E-state index contributed by atoms with van der Waals surface area (Å²) < 4.78 is 93.9. The fourth-order valence-electron chi connectivity index (χ4n) is 5.79. The van der Waals surface area contributed by atoms with Crippen molar-refractivity contribution in [3.8, 4) is 11.5 Å². The molecule has 20 heteroatoms. The average Bonchev–Trinajstić information content (AvgIpc) is 3.78. The van der Waals surface area contributed by atoms with Crippen molar-refractivity contribution in [2.45, 2.75) is 36.4 Å². The molecule has 0 bridgehead atoms. The van der Waals surface area contributed by atoms with Crippen LogP contribution in [0.4, 0.5) is 26.3 Å². The van der Waals surface area contributed by atoms with Crippen molar-refractivity contribution in [1.82, 2.24) is 0 Å². The van der Waals surface area contributed by atoms with Gasteiger partial charge in [0, 0.05) is 55.2 Å². The van der Waals surface area contributed by atoms with Crippen molar-refractivity contribution in [3.63, 3.8) is 0 Å². The summed E-state index contributed by atoms with van der Waals surface area (Å²) in [4.78, 5) is 32.2. The lowest BCUT2D eigenvalue weighted by molar-refractivity contribution is -0.276. The average molecular weight is 868 g/mol. The third-order valence-electron chi connectivity index (χ3n) is 8.56. The molecule has 2 N–H and O–H groups in total. The highest BCUT2D eigenvalue weighted by atomic mass is 35.5. The number of carboxylic acid groups (broad SMARTS) is 2. The second-order valence-electron chi connectivity index (χ2n) is 12.0. The Kier molecular flexibility index (Phi) is 12.0. The monoisotopic (exact) mass is 866 g/mol. The van der Waals surface area contributed by atoms with Gasteiger partial charge in [0.2, 0.25) is 0 Å². The zero-order valence-corrected chi connectivity index (χ0v) is 31.4. The molecule has 296 valence electrons. The lowest BCUT2D eigenvalue weighted by atomic mass is 9.86. The van der Waals surface area contributed by atoms with E-state index in [1.807, 2.05) is 0 Å². The third kappa shape index (κ3) is 8.28. The second kappa shape index (κ2) is 15.9. The zero-order valence-electron chi connectivity index (χ0n) is 28.4. The Labute approximate surface area is 332 Å². The lowest BCUT2D eigenvalue weighted by Gasteiger charge is -2.29. The third-order valence-corrected chi connectivity index (χ3v) is 9.43. The summed E-state index contributed by atoms with van der Waals surface area (Å²) in [6.07, 6.45) is -10.9. The largest absolute Gasteiger partial charge is 0.496 e. The molecule has 0 aromatic heterocycles. The van der Waals surface area contributed by atoms with Crippen molar-refractivity contribution in [3.05, 3.63) is 126 Å². The van der Waals surface area contributed by atoms with Crippen molar-refractivity contribution < 1.29 is 65.3 Å². The minimum absolute atomic E-state index is 0.0111. The first-order valence-corrected chi connectivity index (χ1v) is 17.1. The molecule has 2 aliphatic heterocycles. The van der Waals surface area contributed by atoms with Gasteiger partial charge in [-0.05, 0) is 60.7 Å². The number of alkyl halides is 6. The number of carbonyl (C=O) groups is 2. The SMILES string of the molecule is COc1cc(C2=NOC(c3cc(Cl)cc(Cl)c3)(C(F)(F)F)C2)ccc1C(=O)O.COc1cc(C2=NOC(c3cc(Cl)cc(Cl)c3)(C(F)(F)F)C2)ccc1C(=O)O. The molecule has 10 nitrogen and oxygen atoms in total. The van der Waals surface area contributed by atoms with E-state index in [9.17, 15) is 35.9 Å². The van der Waals surface area contributed by atoms with Crippen LogP contribution in [0.15, 0.2) is 83.1 Å². The first-order valence-electron chi connectivity index (χ1n) is 15.5. The number of carboxylic acids is 2. The van der Waals surface area contributed by atoms with E-state index < -0.39 is 48.3 Å². The molecule has 2 atom stereocenters. The molecule has 0 aliphatic carbocycles. The van der Waals surface area contributed by atoms with Crippen molar-refractivity contribution in [2.24, 2.45) is 10.3 Å². The number of hydrogen-bond acceptors (Lipinski definition) is 8. The molecule has 6 rings (SSSR count). The maximum absolute atomic E-state index is 14.0. The molecule has 56 heavy (non-hydrogen) atoms. The Morgan fingerprint density at radius 2 is 0.929 bits per heavy atom. The van der Waals surface area contributed by atoms with Gasteiger partial charge < -0.3 is 29.4 Å². The van der Waals surface area contributed by atoms with Gasteiger partial charge >= 0.3 is 24.3 Å². The molecule has 2 unspecified atom stereocenters. The summed E-state index contributed by atoms with van der Waals surface area (Å²) in [5, 5.41) is 25.6. The van der Waals surface area contributed by atoms with Gasteiger partial charge in [-0.15, -0.1) is 0 Å². The van der Waals surface area contributed by atoms with E-state index in [-0.39, 0.29) is 76.4 Å². The van der Waals surface area contributed by atoms with Crippen LogP contribution in [-0.4, -0.2) is 60.1 Å². The van der Waals surface area contributed by atoms with Gasteiger partial charge in [-0.1, -0.05) is 68.8 Å². The van der Waals surface area contributed by atoms with Crippen molar-refractivity contribution in [1.29, 1.82) is 0 Å². The molecule has 2 heterocycles. The summed E-state index contributed by atoms with van der Waals surface area (Å²) in [6, 6.07) is 14.8. The predicted octanol–water partition coefficient (Wildman–Crippen LogP) is 10.6. The highest BCUT2D eigenvalue weighted by molar-refractivity contribution is 6.35. The first-order chi connectivity index (χ1) is 26.1. The van der Waals surface area contributed by atoms with Gasteiger partial charge in [0.15, 0.2) is 0 Å². The maximum Gasteiger partial charge on any atom is 0.435 e. The summed E-state index contributed by atoms with van der Waals surface area (Å²) in [7, 11) is 2.51. The first kappa shape index (κ1) is 42.2. The highest BCUT2D eigenvalue weighted by Crippen LogP contribution is 2.51. The van der Waals surface area contributed by atoms with Crippen LogP contribution in [0.3, 0.4) is 0 Å². The number of oxime groups is 2. The Bertz CT molecular complexity index is 2070. The maximum atomic E-state index is 14.0. The van der Waals surface area contributed by atoms with E-state index in [0.717, 1.165) is 24.3 Å². The minimum Gasteiger partial charge on any atom is -0.496 e. The summed E-state index contributed by atoms with van der Waals surface area (Å²) in [6.45, 7) is 0. The van der Waals surface area contributed by atoms with Gasteiger partial charge in [-0.2, -0.15) is 26.3 Å². The van der Waals surface area contributed by atoms with E-state index in [2.05, 4.69) is 10.3 Å². The standard InChI is InChI=1S/2C18H12Cl2F3NO4/c2*1-27-15-4-9(2-3-13(15)16(25)26)14-8-17(28-24-14,18(21,22)23)10-5-11(19)7-12(20)6-10/h2*2-7H,8H2,1H3,(H,25,26).